The second kappa shape index (κ2) is 7.68. The normalized spacial score (nSPS) is 21.4. The van der Waals surface area contributed by atoms with Crippen LogP contribution in [0.2, 0.25) is 0 Å². The highest BCUT2D eigenvalue weighted by atomic mass is 16.4. The number of likely N-dealkylation sites (tertiary alicyclic amines) is 2. The average Bonchev–Trinajstić information content (AvgIpc) is 3.12. The summed E-state index contributed by atoms with van der Waals surface area (Å²) in [6, 6.07) is 9.17. The van der Waals surface area contributed by atoms with Crippen molar-refractivity contribution in [2.75, 3.05) is 19.6 Å². The fourth-order valence-electron chi connectivity index (χ4n) is 3.75. The summed E-state index contributed by atoms with van der Waals surface area (Å²) < 4.78 is 0. The summed E-state index contributed by atoms with van der Waals surface area (Å²) in [5, 5.41) is 9.07. The zero-order chi connectivity index (χ0) is 17.8. The highest BCUT2D eigenvalue weighted by Gasteiger charge is 2.38. The van der Waals surface area contributed by atoms with Gasteiger partial charge in [0.25, 0.3) is 0 Å². The summed E-state index contributed by atoms with van der Waals surface area (Å²) in [7, 11) is 0. The fourth-order valence-corrected chi connectivity index (χ4v) is 3.75. The van der Waals surface area contributed by atoms with E-state index in [9.17, 15) is 14.4 Å². The van der Waals surface area contributed by atoms with Gasteiger partial charge in [0.05, 0.1) is 12.3 Å². The first kappa shape index (κ1) is 17.5. The predicted octanol–water partition coefficient (Wildman–Crippen LogP) is 1.54. The van der Waals surface area contributed by atoms with Crippen LogP contribution in [0.3, 0.4) is 0 Å². The molecule has 1 aromatic carbocycles. The van der Waals surface area contributed by atoms with Crippen molar-refractivity contribution in [2.45, 2.75) is 38.1 Å². The van der Waals surface area contributed by atoms with Crippen LogP contribution in [0.5, 0.6) is 0 Å². The molecule has 0 radical (unpaired) electrons. The third-order valence-corrected chi connectivity index (χ3v) is 5.21. The Morgan fingerprint density at radius 1 is 1.00 bits per heavy atom. The molecule has 2 fully saturated rings. The SMILES string of the molecule is O=C(O)C1CCN(C(=O)C2CCCN2C(=O)Cc2ccccc2)CC1. The van der Waals surface area contributed by atoms with Gasteiger partial charge < -0.3 is 14.9 Å². The molecule has 1 aromatic rings. The third kappa shape index (κ3) is 4.00. The van der Waals surface area contributed by atoms with Crippen LogP contribution in [0.1, 0.15) is 31.2 Å². The number of piperidine rings is 1. The Hall–Kier alpha value is -2.37. The predicted molar refractivity (Wildman–Crippen MR) is 91.8 cm³/mol. The quantitative estimate of drug-likeness (QED) is 0.899. The molecule has 6 nitrogen and oxygen atoms in total. The van der Waals surface area contributed by atoms with Gasteiger partial charge in [-0.3, -0.25) is 14.4 Å². The maximum Gasteiger partial charge on any atom is 0.306 e. The molecule has 6 heteroatoms. The monoisotopic (exact) mass is 344 g/mol. The van der Waals surface area contributed by atoms with E-state index in [0.717, 1.165) is 12.0 Å². The summed E-state index contributed by atoms with van der Waals surface area (Å²) in [6.07, 6.45) is 2.82. The number of rotatable bonds is 4. The number of nitrogens with zero attached hydrogens (tertiary/aromatic N) is 2. The lowest BCUT2D eigenvalue weighted by atomic mass is 9.96. The van der Waals surface area contributed by atoms with Gasteiger partial charge in [0.1, 0.15) is 6.04 Å². The van der Waals surface area contributed by atoms with Crippen LogP contribution >= 0.6 is 0 Å². The maximum absolute atomic E-state index is 12.8. The van der Waals surface area contributed by atoms with E-state index in [1.807, 2.05) is 30.3 Å². The topological polar surface area (TPSA) is 77.9 Å². The van der Waals surface area contributed by atoms with Gasteiger partial charge in [0, 0.05) is 19.6 Å². The number of amides is 2. The van der Waals surface area contributed by atoms with Crippen LogP contribution in [0.4, 0.5) is 0 Å². The van der Waals surface area contributed by atoms with Crippen molar-refractivity contribution in [1.29, 1.82) is 0 Å². The molecule has 2 amide bonds. The van der Waals surface area contributed by atoms with Gasteiger partial charge >= 0.3 is 5.97 Å². The molecule has 25 heavy (non-hydrogen) atoms. The van der Waals surface area contributed by atoms with Crippen LogP contribution in [0.25, 0.3) is 0 Å². The van der Waals surface area contributed by atoms with Crippen molar-refractivity contribution < 1.29 is 19.5 Å². The van der Waals surface area contributed by atoms with Gasteiger partial charge in [-0.05, 0) is 31.2 Å². The first-order valence-corrected chi connectivity index (χ1v) is 8.91. The van der Waals surface area contributed by atoms with Gasteiger partial charge in [0.15, 0.2) is 0 Å². The molecule has 2 saturated heterocycles. The molecule has 0 aromatic heterocycles. The Morgan fingerprint density at radius 2 is 1.68 bits per heavy atom. The summed E-state index contributed by atoms with van der Waals surface area (Å²) >= 11 is 0. The molecule has 3 rings (SSSR count). The van der Waals surface area contributed by atoms with Crippen molar-refractivity contribution in [3.8, 4) is 0 Å². The Labute approximate surface area is 147 Å². The van der Waals surface area contributed by atoms with Crippen molar-refractivity contribution in [3.05, 3.63) is 35.9 Å². The van der Waals surface area contributed by atoms with Crippen molar-refractivity contribution in [2.24, 2.45) is 5.92 Å². The van der Waals surface area contributed by atoms with E-state index in [1.54, 1.807) is 9.80 Å². The van der Waals surface area contributed by atoms with Gasteiger partial charge in [0.2, 0.25) is 11.8 Å². The number of carbonyl (C=O) groups is 3. The van der Waals surface area contributed by atoms with Crippen LogP contribution in [-0.4, -0.2) is 58.4 Å². The average molecular weight is 344 g/mol. The highest BCUT2D eigenvalue weighted by Crippen LogP contribution is 2.24. The minimum Gasteiger partial charge on any atom is -0.481 e. The Morgan fingerprint density at radius 3 is 2.32 bits per heavy atom. The Kier molecular flexibility index (Phi) is 5.36. The first-order valence-electron chi connectivity index (χ1n) is 8.91. The molecule has 1 atom stereocenters. The number of hydrogen-bond donors (Lipinski definition) is 1. The number of carbonyl (C=O) groups excluding carboxylic acids is 2. The highest BCUT2D eigenvalue weighted by molar-refractivity contribution is 5.89. The minimum absolute atomic E-state index is 0.0116. The maximum atomic E-state index is 12.8. The molecule has 0 aliphatic carbocycles. The molecule has 0 bridgehead atoms. The number of benzene rings is 1. The molecular weight excluding hydrogens is 320 g/mol. The standard InChI is InChI=1S/C19H24N2O4/c22-17(13-14-5-2-1-3-6-14)21-10-4-7-16(21)18(23)20-11-8-15(9-12-20)19(24)25/h1-3,5-6,15-16H,4,7-13H2,(H,24,25). The lowest BCUT2D eigenvalue weighted by molar-refractivity contribution is -0.148. The molecule has 0 spiro atoms. The van der Waals surface area contributed by atoms with Crippen LogP contribution in [0, 0.1) is 5.92 Å². The molecule has 2 aliphatic rings. The zero-order valence-corrected chi connectivity index (χ0v) is 14.3. The van der Waals surface area contributed by atoms with E-state index in [-0.39, 0.29) is 17.7 Å². The van der Waals surface area contributed by atoms with Crippen LogP contribution in [0.15, 0.2) is 30.3 Å². The molecule has 1 unspecified atom stereocenters. The number of carboxylic acid groups (broad SMARTS) is 1. The zero-order valence-electron chi connectivity index (χ0n) is 14.3. The van der Waals surface area contributed by atoms with Gasteiger partial charge in [-0.15, -0.1) is 0 Å². The minimum atomic E-state index is -0.785. The summed E-state index contributed by atoms with van der Waals surface area (Å²) in [6.45, 7) is 1.55. The molecule has 1 N–H and O–H groups in total. The van der Waals surface area contributed by atoms with E-state index >= 15 is 0 Å². The lowest BCUT2D eigenvalue weighted by Gasteiger charge is -2.34. The van der Waals surface area contributed by atoms with Gasteiger partial charge in [-0.2, -0.15) is 0 Å². The smallest absolute Gasteiger partial charge is 0.306 e. The van der Waals surface area contributed by atoms with Gasteiger partial charge in [-0.25, -0.2) is 0 Å². The summed E-state index contributed by atoms with van der Waals surface area (Å²) in [4.78, 5) is 39.9. The summed E-state index contributed by atoms with van der Waals surface area (Å²) in [5.41, 5.74) is 0.952. The van der Waals surface area contributed by atoms with Crippen molar-refractivity contribution in [1.82, 2.24) is 9.80 Å². The number of carboxylic acids is 1. The van der Waals surface area contributed by atoms with Crippen LogP contribution in [-0.2, 0) is 20.8 Å². The number of aliphatic carboxylic acids is 1. The van der Waals surface area contributed by atoms with E-state index < -0.39 is 12.0 Å². The molecule has 2 heterocycles. The molecular formula is C19H24N2O4. The Bertz CT molecular complexity index is 638. The van der Waals surface area contributed by atoms with Crippen LogP contribution < -0.4 is 0 Å². The lowest BCUT2D eigenvalue weighted by Crippen LogP contribution is -2.50. The summed E-state index contributed by atoms with van der Waals surface area (Å²) in [5.74, 6) is -1.18. The third-order valence-electron chi connectivity index (χ3n) is 5.21. The van der Waals surface area contributed by atoms with E-state index in [0.29, 0.717) is 45.3 Å². The van der Waals surface area contributed by atoms with Crippen molar-refractivity contribution >= 4 is 17.8 Å². The molecule has 2 aliphatic heterocycles. The second-order valence-electron chi connectivity index (χ2n) is 6.85. The van der Waals surface area contributed by atoms with E-state index in [2.05, 4.69) is 0 Å². The first-order chi connectivity index (χ1) is 12.1. The van der Waals surface area contributed by atoms with E-state index in [1.165, 1.54) is 0 Å². The second-order valence-corrected chi connectivity index (χ2v) is 6.85. The van der Waals surface area contributed by atoms with Gasteiger partial charge in [-0.1, -0.05) is 30.3 Å². The number of hydrogen-bond acceptors (Lipinski definition) is 3. The fraction of sp³-hybridized carbons (Fsp3) is 0.526. The Balaban J connectivity index is 1.60. The largest absolute Gasteiger partial charge is 0.481 e. The van der Waals surface area contributed by atoms with E-state index in [4.69, 9.17) is 5.11 Å². The van der Waals surface area contributed by atoms with Crippen molar-refractivity contribution in [3.63, 3.8) is 0 Å². The molecule has 0 saturated carbocycles. The molecule has 134 valence electrons.